The Bertz CT molecular complexity index is 1480. The van der Waals surface area contributed by atoms with Gasteiger partial charge in [0.05, 0.1) is 23.9 Å². The zero-order valence-electron chi connectivity index (χ0n) is 18.7. The Balaban J connectivity index is 1.80. The maximum absolute atomic E-state index is 14.1. The van der Waals surface area contributed by atoms with E-state index in [-0.39, 0.29) is 11.6 Å². The first-order chi connectivity index (χ1) is 16.6. The molecule has 5 aromatic rings. The van der Waals surface area contributed by atoms with Crippen molar-refractivity contribution in [3.8, 4) is 17.0 Å². The number of carbonyl (C=O) groups is 1. The molecule has 0 aliphatic rings. The molecule has 1 aromatic heterocycles. The topological polar surface area (TPSA) is 39.2 Å². The molecule has 3 nitrogen and oxygen atoms in total. The van der Waals surface area contributed by atoms with Gasteiger partial charge < -0.3 is 4.74 Å². The summed E-state index contributed by atoms with van der Waals surface area (Å²) >= 11 is 0. The number of rotatable bonds is 6. The third-order valence-corrected chi connectivity index (χ3v) is 5.90. The van der Waals surface area contributed by atoms with Crippen molar-refractivity contribution in [2.45, 2.75) is 6.42 Å². The van der Waals surface area contributed by atoms with Gasteiger partial charge in [-0.1, -0.05) is 72.8 Å². The quantitative estimate of drug-likeness (QED) is 0.267. The van der Waals surface area contributed by atoms with E-state index in [1.807, 2.05) is 66.7 Å². The smallest absolute Gasteiger partial charge is 0.195 e. The van der Waals surface area contributed by atoms with Gasteiger partial charge in [0.1, 0.15) is 11.6 Å². The van der Waals surface area contributed by atoms with E-state index in [0.717, 1.165) is 27.6 Å². The molecule has 0 unspecified atom stereocenters. The maximum Gasteiger partial charge on any atom is 0.195 e. The molecule has 0 radical (unpaired) electrons. The summed E-state index contributed by atoms with van der Waals surface area (Å²) < 4.78 is 18.9. The number of ether oxygens (including phenoxy) is 1. The van der Waals surface area contributed by atoms with E-state index in [0.29, 0.717) is 29.0 Å². The number of pyridine rings is 1. The molecule has 0 spiro atoms. The van der Waals surface area contributed by atoms with E-state index in [1.54, 1.807) is 31.4 Å². The van der Waals surface area contributed by atoms with Gasteiger partial charge in [-0.05, 0) is 47.9 Å². The SMILES string of the molecule is COc1cccc(C(=O)c2c(-c3ccccc3)nc3ccccc3c2Cc2ccc(F)cc2)c1. The average molecular weight is 448 g/mol. The fourth-order valence-corrected chi connectivity index (χ4v) is 4.23. The van der Waals surface area contributed by atoms with Crippen molar-refractivity contribution in [1.82, 2.24) is 4.98 Å². The molecule has 1 heterocycles. The number of fused-ring (bicyclic) bond motifs is 1. The van der Waals surface area contributed by atoms with Crippen molar-refractivity contribution in [2.75, 3.05) is 7.11 Å². The minimum absolute atomic E-state index is 0.131. The molecule has 166 valence electrons. The second-order valence-electron chi connectivity index (χ2n) is 8.06. The van der Waals surface area contributed by atoms with Crippen molar-refractivity contribution < 1.29 is 13.9 Å². The molecule has 0 saturated heterocycles. The highest BCUT2D eigenvalue weighted by Gasteiger charge is 2.24. The van der Waals surface area contributed by atoms with Crippen LogP contribution in [0.5, 0.6) is 5.75 Å². The fraction of sp³-hybridized carbons (Fsp3) is 0.0667. The summed E-state index contributed by atoms with van der Waals surface area (Å²) in [4.78, 5) is 19.0. The molecule has 0 amide bonds. The van der Waals surface area contributed by atoms with Gasteiger partial charge in [0.15, 0.2) is 5.78 Å². The molecular formula is C30H22FNO2. The van der Waals surface area contributed by atoms with Crippen LogP contribution in [0.2, 0.25) is 0 Å². The van der Waals surface area contributed by atoms with Gasteiger partial charge >= 0.3 is 0 Å². The van der Waals surface area contributed by atoms with E-state index in [9.17, 15) is 9.18 Å². The Kier molecular flexibility index (Phi) is 5.88. The molecule has 0 saturated carbocycles. The minimum Gasteiger partial charge on any atom is -0.497 e. The van der Waals surface area contributed by atoms with Gasteiger partial charge in [0.2, 0.25) is 0 Å². The number of para-hydroxylation sites is 1. The van der Waals surface area contributed by atoms with Crippen molar-refractivity contribution in [2.24, 2.45) is 0 Å². The molecule has 4 heteroatoms. The van der Waals surface area contributed by atoms with Gasteiger partial charge in [-0.25, -0.2) is 9.37 Å². The van der Waals surface area contributed by atoms with Crippen molar-refractivity contribution >= 4 is 16.7 Å². The molecule has 0 atom stereocenters. The molecule has 0 N–H and O–H groups in total. The molecule has 0 aliphatic heterocycles. The van der Waals surface area contributed by atoms with E-state index >= 15 is 0 Å². The zero-order valence-corrected chi connectivity index (χ0v) is 18.7. The highest BCUT2D eigenvalue weighted by molar-refractivity contribution is 6.15. The van der Waals surface area contributed by atoms with Crippen LogP contribution < -0.4 is 4.74 Å². The van der Waals surface area contributed by atoms with E-state index in [4.69, 9.17) is 9.72 Å². The number of benzene rings is 4. The molecular weight excluding hydrogens is 425 g/mol. The lowest BCUT2D eigenvalue weighted by atomic mass is 9.88. The van der Waals surface area contributed by atoms with E-state index in [2.05, 4.69) is 0 Å². The monoisotopic (exact) mass is 447 g/mol. The Morgan fingerprint density at radius 2 is 1.59 bits per heavy atom. The van der Waals surface area contributed by atoms with Crippen molar-refractivity contribution in [3.05, 3.63) is 131 Å². The lowest BCUT2D eigenvalue weighted by molar-refractivity contribution is 0.103. The first-order valence-electron chi connectivity index (χ1n) is 11.0. The average Bonchev–Trinajstić information content (AvgIpc) is 2.90. The Hall–Kier alpha value is -4.31. The highest BCUT2D eigenvalue weighted by atomic mass is 19.1. The summed E-state index contributed by atoms with van der Waals surface area (Å²) in [5, 5.41) is 0.901. The second kappa shape index (κ2) is 9.28. The predicted molar refractivity (Wildman–Crippen MR) is 133 cm³/mol. The minimum atomic E-state index is -0.291. The lowest BCUT2D eigenvalue weighted by Crippen LogP contribution is -2.11. The molecule has 5 rings (SSSR count). The van der Waals surface area contributed by atoms with Crippen molar-refractivity contribution in [3.63, 3.8) is 0 Å². The summed E-state index contributed by atoms with van der Waals surface area (Å²) in [5.41, 5.74) is 5.14. The number of nitrogens with zero attached hydrogens (tertiary/aromatic N) is 1. The standard InChI is InChI=1S/C30H22FNO2/c1-34-24-11-7-10-22(19-24)30(33)28-26(18-20-14-16-23(31)17-15-20)25-12-5-6-13-27(25)32-29(28)21-8-3-2-4-9-21/h2-17,19H,18H2,1H3. The van der Waals surface area contributed by atoms with Crippen LogP contribution in [0.3, 0.4) is 0 Å². The normalized spacial score (nSPS) is 10.9. The lowest BCUT2D eigenvalue weighted by Gasteiger charge is -2.17. The van der Waals surface area contributed by atoms with E-state index in [1.165, 1.54) is 12.1 Å². The first kappa shape index (κ1) is 21.5. The van der Waals surface area contributed by atoms with Crippen LogP contribution in [-0.4, -0.2) is 17.9 Å². The number of methoxy groups -OCH3 is 1. The van der Waals surface area contributed by atoms with E-state index < -0.39 is 0 Å². The number of carbonyl (C=O) groups excluding carboxylic acids is 1. The summed E-state index contributed by atoms with van der Waals surface area (Å²) in [6.45, 7) is 0. The van der Waals surface area contributed by atoms with Gasteiger partial charge in [-0.2, -0.15) is 0 Å². The van der Waals surface area contributed by atoms with Crippen LogP contribution in [0.1, 0.15) is 27.0 Å². The molecule has 0 bridgehead atoms. The Morgan fingerprint density at radius 3 is 2.35 bits per heavy atom. The first-order valence-corrected chi connectivity index (χ1v) is 11.0. The van der Waals surface area contributed by atoms with Crippen molar-refractivity contribution in [1.29, 1.82) is 0 Å². The Labute approximate surface area is 197 Å². The van der Waals surface area contributed by atoms with Gasteiger partial charge in [0, 0.05) is 16.5 Å². The third-order valence-electron chi connectivity index (χ3n) is 5.90. The number of hydrogen-bond donors (Lipinski definition) is 0. The van der Waals surface area contributed by atoms with Crippen LogP contribution in [0.15, 0.2) is 103 Å². The highest BCUT2D eigenvalue weighted by Crippen LogP contribution is 2.34. The fourth-order valence-electron chi connectivity index (χ4n) is 4.23. The maximum atomic E-state index is 14.1. The van der Waals surface area contributed by atoms with Crippen LogP contribution in [0.4, 0.5) is 4.39 Å². The zero-order chi connectivity index (χ0) is 23.5. The Morgan fingerprint density at radius 1 is 0.853 bits per heavy atom. The predicted octanol–water partition coefficient (Wildman–Crippen LogP) is 6.87. The van der Waals surface area contributed by atoms with Gasteiger partial charge in [-0.15, -0.1) is 0 Å². The summed E-state index contributed by atoms with van der Waals surface area (Å²) in [5.74, 6) is 0.190. The largest absolute Gasteiger partial charge is 0.497 e. The number of halogens is 1. The number of ketones is 1. The van der Waals surface area contributed by atoms with Crippen LogP contribution in [0.25, 0.3) is 22.2 Å². The van der Waals surface area contributed by atoms with Crippen LogP contribution in [-0.2, 0) is 6.42 Å². The summed E-state index contributed by atoms with van der Waals surface area (Å²) in [6.07, 6.45) is 0.466. The van der Waals surface area contributed by atoms with Crippen LogP contribution >= 0.6 is 0 Å². The number of hydrogen-bond acceptors (Lipinski definition) is 3. The molecule has 0 fully saturated rings. The molecule has 34 heavy (non-hydrogen) atoms. The third kappa shape index (κ3) is 4.18. The van der Waals surface area contributed by atoms with Crippen LogP contribution in [0, 0.1) is 5.82 Å². The molecule has 0 aliphatic carbocycles. The summed E-state index contributed by atoms with van der Waals surface area (Å²) in [6, 6.07) is 31.1. The van der Waals surface area contributed by atoms with Gasteiger partial charge in [0.25, 0.3) is 0 Å². The molecule has 4 aromatic carbocycles. The number of aromatic nitrogens is 1. The van der Waals surface area contributed by atoms with Gasteiger partial charge in [-0.3, -0.25) is 4.79 Å². The summed E-state index contributed by atoms with van der Waals surface area (Å²) in [7, 11) is 1.58. The second-order valence-corrected chi connectivity index (χ2v) is 8.06.